The number of methoxy groups -OCH3 is 1. The van der Waals surface area contributed by atoms with E-state index in [4.69, 9.17) is 33.2 Å². The first-order valence-electron chi connectivity index (χ1n) is 16.0. The van der Waals surface area contributed by atoms with Crippen molar-refractivity contribution in [3.8, 4) is 11.5 Å². The Morgan fingerprint density at radius 2 is 1.55 bits per heavy atom. The maximum Gasteiger partial charge on any atom is 0.165 e. The SMILES string of the molecule is COCCOCCOCCOCCOCCOC1CC[C@@]2(O)[C@H]3Cc4ccc(O)c5c4[C@@]2(CCN3CC2CCC2)[C@H]1O5. The fraction of sp³-hybridized carbons (Fsp3) is 0.812. The van der Waals surface area contributed by atoms with Gasteiger partial charge < -0.3 is 43.4 Å². The predicted octanol–water partition coefficient (Wildman–Crippen LogP) is 2.44. The van der Waals surface area contributed by atoms with Crippen molar-refractivity contribution < 1.29 is 43.4 Å². The number of benzene rings is 1. The van der Waals surface area contributed by atoms with Gasteiger partial charge in [0.25, 0.3) is 0 Å². The molecule has 2 bridgehead atoms. The van der Waals surface area contributed by atoms with Crippen LogP contribution in [0, 0.1) is 5.92 Å². The molecule has 2 heterocycles. The number of likely N-dealkylation sites (tertiary alicyclic amines) is 1. The van der Waals surface area contributed by atoms with Gasteiger partial charge in [0.15, 0.2) is 11.5 Å². The van der Waals surface area contributed by atoms with Crippen molar-refractivity contribution in [1.82, 2.24) is 4.90 Å². The van der Waals surface area contributed by atoms with E-state index in [1.54, 1.807) is 13.2 Å². The molecule has 10 heteroatoms. The van der Waals surface area contributed by atoms with Gasteiger partial charge in [0.2, 0.25) is 0 Å². The molecule has 2 N–H and O–H groups in total. The van der Waals surface area contributed by atoms with Crippen molar-refractivity contribution in [2.24, 2.45) is 5.92 Å². The smallest absolute Gasteiger partial charge is 0.165 e. The number of piperidine rings is 1. The van der Waals surface area contributed by atoms with Crippen LogP contribution in [0.3, 0.4) is 0 Å². The highest BCUT2D eigenvalue weighted by molar-refractivity contribution is 5.62. The molecule has 1 aromatic rings. The molecular formula is C32H49NO9. The summed E-state index contributed by atoms with van der Waals surface area (Å²) < 4.78 is 40.1. The Labute approximate surface area is 249 Å². The third-order valence-corrected chi connectivity index (χ3v) is 10.3. The molecule has 1 unspecified atom stereocenters. The lowest BCUT2D eigenvalue weighted by molar-refractivity contribution is -0.218. The molecule has 236 valence electrons. The summed E-state index contributed by atoms with van der Waals surface area (Å²) in [6, 6.07) is 3.88. The van der Waals surface area contributed by atoms with Gasteiger partial charge in [-0.2, -0.15) is 0 Å². The Morgan fingerprint density at radius 1 is 0.881 bits per heavy atom. The summed E-state index contributed by atoms with van der Waals surface area (Å²) in [6.45, 7) is 7.19. The summed E-state index contributed by atoms with van der Waals surface area (Å²) in [4.78, 5) is 2.57. The predicted molar refractivity (Wildman–Crippen MR) is 154 cm³/mol. The lowest BCUT2D eigenvalue weighted by Crippen LogP contribution is -2.77. The standard InChI is InChI=1S/C32H49NO9/c1-36-11-12-37-13-14-38-15-16-39-17-18-40-19-20-41-26-7-8-32(35)27-21-24-5-6-25(34)29-28(24)31(32,30(26)42-29)9-10-33(27)22-23-3-2-4-23/h5-6,23,26-27,30,34-35H,2-4,7-22H2,1H3/t26?,27-,30+,31+,32-/m1/s1. The van der Waals surface area contributed by atoms with Crippen molar-refractivity contribution >= 4 is 0 Å². The summed E-state index contributed by atoms with van der Waals surface area (Å²) in [5.74, 6) is 1.48. The summed E-state index contributed by atoms with van der Waals surface area (Å²) in [7, 11) is 1.65. The average Bonchev–Trinajstić information content (AvgIpc) is 3.32. The minimum absolute atomic E-state index is 0.0739. The van der Waals surface area contributed by atoms with Crippen molar-refractivity contribution in [1.29, 1.82) is 0 Å². The number of rotatable bonds is 18. The van der Waals surface area contributed by atoms with Crippen LogP contribution < -0.4 is 4.74 Å². The summed E-state index contributed by atoms with van der Waals surface area (Å²) in [5.41, 5.74) is 0.813. The molecule has 10 nitrogen and oxygen atoms in total. The minimum atomic E-state index is -0.889. The van der Waals surface area contributed by atoms with E-state index in [-0.39, 0.29) is 24.0 Å². The number of hydrogen-bond acceptors (Lipinski definition) is 10. The van der Waals surface area contributed by atoms with E-state index in [1.807, 2.05) is 6.07 Å². The van der Waals surface area contributed by atoms with Gasteiger partial charge in [-0.3, -0.25) is 4.90 Å². The van der Waals surface area contributed by atoms with E-state index in [0.717, 1.165) is 43.8 Å². The molecule has 1 saturated heterocycles. The van der Waals surface area contributed by atoms with E-state index in [1.165, 1.54) is 24.8 Å². The number of phenolic OH excluding ortho intramolecular Hbond substituents is 1. The van der Waals surface area contributed by atoms with Crippen LogP contribution in [0.4, 0.5) is 0 Å². The van der Waals surface area contributed by atoms with Crippen molar-refractivity contribution in [3.05, 3.63) is 23.3 Å². The first-order chi connectivity index (χ1) is 20.6. The van der Waals surface area contributed by atoms with Crippen LogP contribution in [0.2, 0.25) is 0 Å². The highest BCUT2D eigenvalue weighted by Crippen LogP contribution is 2.65. The number of aliphatic hydroxyl groups is 1. The molecule has 5 atom stereocenters. The molecule has 0 aromatic heterocycles. The maximum absolute atomic E-state index is 12.6. The van der Waals surface area contributed by atoms with Crippen LogP contribution in [0.1, 0.15) is 49.7 Å². The van der Waals surface area contributed by atoms with E-state index >= 15 is 0 Å². The van der Waals surface area contributed by atoms with Gasteiger partial charge in [-0.25, -0.2) is 0 Å². The van der Waals surface area contributed by atoms with E-state index < -0.39 is 11.0 Å². The number of nitrogens with zero attached hydrogens (tertiary/aromatic N) is 1. The summed E-state index contributed by atoms with van der Waals surface area (Å²) in [6.07, 6.45) is 6.47. The maximum atomic E-state index is 12.6. The van der Waals surface area contributed by atoms with Crippen LogP contribution in [-0.4, -0.2) is 125 Å². The second-order valence-electron chi connectivity index (χ2n) is 12.5. The third-order valence-electron chi connectivity index (χ3n) is 10.3. The number of ether oxygens (including phenoxy) is 7. The molecule has 0 amide bonds. The minimum Gasteiger partial charge on any atom is -0.504 e. The first kappa shape index (κ1) is 30.5. The molecule has 2 saturated carbocycles. The quantitative estimate of drug-likeness (QED) is 0.247. The van der Waals surface area contributed by atoms with Gasteiger partial charge in [0, 0.05) is 25.3 Å². The Bertz CT molecular complexity index is 1040. The molecule has 6 rings (SSSR count). The van der Waals surface area contributed by atoms with Gasteiger partial charge in [0.1, 0.15) is 6.10 Å². The number of aromatic hydroxyl groups is 1. The molecule has 2 aliphatic heterocycles. The topological polar surface area (TPSA) is 108 Å². The highest BCUT2D eigenvalue weighted by atomic mass is 16.6. The fourth-order valence-electron chi connectivity index (χ4n) is 8.14. The van der Waals surface area contributed by atoms with Crippen LogP contribution in [-0.2, 0) is 40.3 Å². The second-order valence-corrected chi connectivity index (χ2v) is 12.5. The molecule has 42 heavy (non-hydrogen) atoms. The van der Waals surface area contributed by atoms with Gasteiger partial charge in [-0.15, -0.1) is 0 Å². The summed E-state index contributed by atoms with van der Waals surface area (Å²) >= 11 is 0. The van der Waals surface area contributed by atoms with E-state index in [0.29, 0.717) is 78.2 Å². The Balaban J connectivity index is 0.974. The largest absolute Gasteiger partial charge is 0.504 e. The van der Waals surface area contributed by atoms with Gasteiger partial charge in [-0.1, -0.05) is 12.5 Å². The molecule has 5 aliphatic rings. The van der Waals surface area contributed by atoms with Crippen molar-refractivity contribution in [2.75, 3.05) is 86.3 Å². The first-order valence-corrected chi connectivity index (χ1v) is 16.0. The Morgan fingerprint density at radius 3 is 2.19 bits per heavy atom. The van der Waals surface area contributed by atoms with Gasteiger partial charge in [0.05, 0.1) is 83.2 Å². The average molecular weight is 592 g/mol. The van der Waals surface area contributed by atoms with Crippen LogP contribution in [0.5, 0.6) is 11.5 Å². The molecule has 3 fully saturated rings. The van der Waals surface area contributed by atoms with Crippen LogP contribution >= 0.6 is 0 Å². The van der Waals surface area contributed by atoms with Crippen LogP contribution in [0.25, 0.3) is 0 Å². The molecule has 0 radical (unpaired) electrons. The zero-order chi connectivity index (χ0) is 29.0. The monoisotopic (exact) mass is 591 g/mol. The Kier molecular flexibility index (Phi) is 9.92. The normalized spacial score (nSPS) is 31.5. The second kappa shape index (κ2) is 13.6. The molecule has 1 aromatic carbocycles. The van der Waals surface area contributed by atoms with Crippen molar-refractivity contribution in [3.63, 3.8) is 0 Å². The highest BCUT2D eigenvalue weighted by Gasteiger charge is 2.73. The van der Waals surface area contributed by atoms with E-state index in [9.17, 15) is 10.2 Å². The van der Waals surface area contributed by atoms with Gasteiger partial charge in [-0.05, 0) is 62.6 Å². The van der Waals surface area contributed by atoms with Crippen LogP contribution in [0.15, 0.2) is 12.1 Å². The Hall–Kier alpha value is -1.50. The zero-order valence-electron chi connectivity index (χ0n) is 25.1. The molecule has 3 aliphatic carbocycles. The van der Waals surface area contributed by atoms with Gasteiger partial charge >= 0.3 is 0 Å². The zero-order valence-corrected chi connectivity index (χ0v) is 25.1. The third kappa shape index (κ3) is 5.70. The molecule has 1 spiro atoms. The number of phenols is 1. The fourth-order valence-corrected chi connectivity index (χ4v) is 8.14. The van der Waals surface area contributed by atoms with Crippen molar-refractivity contribution in [2.45, 2.75) is 74.2 Å². The summed E-state index contributed by atoms with van der Waals surface area (Å²) in [5, 5.41) is 23.4. The lowest BCUT2D eigenvalue weighted by Gasteiger charge is -2.64. The number of hydrogen-bond donors (Lipinski definition) is 2. The molecular weight excluding hydrogens is 542 g/mol. The lowest BCUT2D eigenvalue weighted by atomic mass is 9.48. The van der Waals surface area contributed by atoms with E-state index in [2.05, 4.69) is 4.90 Å².